The Bertz CT molecular complexity index is 322. The van der Waals surface area contributed by atoms with Crippen molar-refractivity contribution in [2.24, 2.45) is 0 Å². The van der Waals surface area contributed by atoms with Crippen molar-refractivity contribution >= 4 is 21.2 Å². The van der Waals surface area contributed by atoms with Gasteiger partial charge in [0.1, 0.15) is 0 Å². The molecule has 1 aromatic rings. The molecule has 0 fully saturated rings. The molecule has 0 unspecified atom stereocenters. The van der Waals surface area contributed by atoms with Gasteiger partial charge in [-0.05, 0) is 0 Å². The average Bonchev–Trinajstić information content (AvgIpc) is 2.07. The van der Waals surface area contributed by atoms with E-state index in [0.29, 0.717) is 6.61 Å². The van der Waals surface area contributed by atoms with Gasteiger partial charge < -0.3 is 0 Å². The number of hydrogen-bond acceptors (Lipinski definition) is 1. The average molecular weight is 264 g/mol. The molecule has 14 heavy (non-hydrogen) atoms. The minimum absolute atomic E-state index is 0.147. The molecule has 0 atom stereocenters. The second-order valence-electron chi connectivity index (χ2n) is 2.61. The first-order valence-electron chi connectivity index (χ1n) is 3.98. The van der Waals surface area contributed by atoms with Gasteiger partial charge >= 0.3 is 88.3 Å². The Morgan fingerprint density at radius 1 is 1.36 bits per heavy atom. The zero-order chi connectivity index (χ0) is 10.8. The number of halogens is 3. The molecule has 1 nitrogen and oxygen atoms in total. The monoisotopic (exact) mass is 264 g/mol. The van der Waals surface area contributed by atoms with E-state index >= 15 is 0 Å². The van der Waals surface area contributed by atoms with Crippen LogP contribution in [0, 0.1) is 0 Å². The number of hydrogen-bond donors (Lipinski definition) is 0. The van der Waals surface area contributed by atoms with E-state index in [1.54, 1.807) is 6.92 Å². The van der Waals surface area contributed by atoms with Crippen molar-refractivity contribution in [1.29, 1.82) is 0 Å². The molecule has 0 aromatic heterocycles. The zero-order valence-electron chi connectivity index (χ0n) is 7.43. The van der Waals surface area contributed by atoms with Crippen LogP contribution in [0.25, 0.3) is 0 Å². The molecule has 5 heteroatoms. The van der Waals surface area contributed by atoms with E-state index in [1.807, 2.05) is 16.9 Å². The van der Waals surface area contributed by atoms with E-state index in [0.717, 1.165) is 6.07 Å². The third-order valence-corrected chi connectivity index (χ3v) is 2.40. The molecule has 0 heterocycles. The molecular weight excluding hydrogens is 256 g/mol. The molecule has 0 aliphatic carbocycles. The Balaban J connectivity index is 3.09. The molecular formula is C9H8AsF3O. The SMILES string of the molecule is CCOc1ccc([As])c(C(F)(F)F)c1. The van der Waals surface area contributed by atoms with Crippen molar-refractivity contribution in [2.45, 2.75) is 13.1 Å². The molecule has 0 saturated heterocycles. The molecule has 2 radical (unpaired) electrons. The summed E-state index contributed by atoms with van der Waals surface area (Å²) in [6, 6.07) is 3.91. The van der Waals surface area contributed by atoms with Crippen molar-refractivity contribution in [3.63, 3.8) is 0 Å². The second kappa shape index (κ2) is 4.26. The van der Waals surface area contributed by atoms with Crippen molar-refractivity contribution in [3.8, 4) is 5.75 Å². The fourth-order valence-corrected chi connectivity index (χ4v) is 1.56. The summed E-state index contributed by atoms with van der Waals surface area (Å²) < 4.78 is 42.3. The molecule has 0 aliphatic heterocycles. The van der Waals surface area contributed by atoms with E-state index < -0.39 is 11.7 Å². The van der Waals surface area contributed by atoms with Crippen LogP contribution in [0.15, 0.2) is 18.2 Å². The third kappa shape index (κ3) is 2.68. The standard InChI is InChI=1S/C9H8AsF3O/c1-2-14-6-3-4-8(10)7(5-6)9(11,12)13/h3-5H,2H2,1H3. The van der Waals surface area contributed by atoms with Gasteiger partial charge in [-0.2, -0.15) is 0 Å². The van der Waals surface area contributed by atoms with E-state index in [1.165, 1.54) is 12.1 Å². The van der Waals surface area contributed by atoms with Gasteiger partial charge in [-0.15, -0.1) is 0 Å². The van der Waals surface area contributed by atoms with Gasteiger partial charge in [0.05, 0.1) is 0 Å². The zero-order valence-corrected chi connectivity index (χ0v) is 9.31. The first kappa shape index (κ1) is 11.4. The Morgan fingerprint density at radius 3 is 2.50 bits per heavy atom. The molecule has 0 amide bonds. The number of benzene rings is 1. The fourth-order valence-electron chi connectivity index (χ4n) is 0.999. The van der Waals surface area contributed by atoms with Gasteiger partial charge in [0.2, 0.25) is 0 Å². The maximum atomic E-state index is 12.4. The van der Waals surface area contributed by atoms with Crippen LogP contribution in [-0.2, 0) is 6.18 Å². The molecule has 0 N–H and O–H groups in total. The Morgan fingerprint density at radius 2 is 2.00 bits per heavy atom. The van der Waals surface area contributed by atoms with Gasteiger partial charge in [0.15, 0.2) is 0 Å². The summed E-state index contributed by atoms with van der Waals surface area (Å²) in [4.78, 5) is 0. The molecule has 76 valence electrons. The predicted molar refractivity (Wildman–Crippen MR) is 48.0 cm³/mol. The molecule has 1 aromatic carbocycles. The summed E-state index contributed by atoms with van der Waals surface area (Å²) in [5.74, 6) is 0.245. The van der Waals surface area contributed by atoms with Crippen molar-refractivity contribution in [2.75, 3.05) is 6.61 Å². The number of rotatable bonds is 2. The quantitative estimate of drug-likeness (QED) is 0.741. The van der Waals surface area contributed by atoms with E-state index in [2.05, 4.69) is 0 Å². The molecule has 1 rings (SSSR count). The van der Waals surface area contributed by atoms with Gasteiger partial charge in [0.25, 0.3) is 0 Å². The minimum atomic E-state index is -4.32. The van der Waals surface area contributed by atoms with Crippen LogP contribution >= 0.6 is 0 Å². The second-order valence-corrected chi connectivity index (χ2v) is 3.62. The summed E-state index contributed by atoms with van der Waals surface area (Å²) in [6.07, 6.45) is -4.32. The summed E-state index contributed by atoms with van der Waals surface area (Å²) in [6.45, 7) is 2.08. The first-order chi connectivity index (χ1) is 6.45. The van der Waals surface area contributed by atoms with Crippen LogP contribution < -0.4 is 9.09 Å². The van der Waals surface area contributed by atoms with Gasteiger partial charge in [-0.25, -0.2) is 0 Å². The van der Waals surface area contributed by atoms with Crippen LogP contribution in [0.4, 0.5) is 13.2 Å². The van der Waals surface area contributed by atoms with Crippen LogP contribution in [0.2, 0.25) is 0 Å². The summed E-state index contributed by atoms with van der Waals surface area (Å²) in [7, 11) is 0. The summed E-state index contributed by atoms with van der Waals surface area (Å²) in [5, 5.41) is 0. The van der Waals surface area contributed by atoms with Crippen LogP contribution in [0.1, 0.15) is 12.5 Å². The van der Waals surface area contributed by atoms with E-state index in [4.69, 9.17) is 4.74 Å². The maximum absolute atomic E-state index is 12.4. The summed E-state index contributed by atoms with van der Waals surface area (Å²) in [5.41, 5.74) is -0.663. The number of alkyl halides is 3. The predicted octanol–water partition coefficient (Wildman–Crippen LogP) is 1.90. The molecule has 0 aliphatic rings. The number of ether oxygens (including phenoxy) is 1. The van der Waals surface area contributed by atoms with Crippen molar-refractivity contribution in [1.82, 2.24) is 0 Å². The molecule has 0 bridgehead atoms. The van der Waals surface area contributed by atoms with Crippen LogP contribution in [0.3, 0.4) is 0 Å². The van der Waals surface area contributed by atoms with Crippen LogP contribution in [-0.4, -0.2) is 23.5 Å². The Kier molecular flexibility index (Phi) is 3.48. The molecule has 0 saturated carbocycles. The molecule has 0 spiro atoms. The Labute approximate surface area is 88.8 Å². The van der Waals surface area contributed by atoms with Crippen molar-refractivity contribution in [3.05, 3.63) is 23.8 Å². The topological polar surface area (TPSA) is 9.23 Å². The first-order valence-corrected chi connectivity index (χ1v) is 4.92. The summed E-state index contributed by atoms with van der Waals surface area (Å²) >= 11 is 1.90. The van der Waals surface area contributed by atoms with Gasteiger partial charge in [-0.1, -0.05) is 0 Å². The van der Waals surface area contributed by atoms with Crippen LogP contribution in [0.5, 0.6) is 5.75 Å². The van der Waals surface area contributed by atoms with Crippen molar-refractivity contribution < 1.29 is 17.9 Å². The fraction of sp³-hybridized carbons (Fsp3) is 0.333. The third-order valence-electron chi connectivity index (χ3n) is 1.58. The van der Waals surface area contributed by atoms with E-state index in [-0.39, 0.29) is 10.1 Å². The van der Waals surface area contributed by atoms with Gasteiger partial charge in [0, 0.05) is 0 Å². The Hall–Kier alpha value is -0.632. The van der Waals surface area contributed by atoms with Gasteiger partial charge in [-0.3, -0.25) is 0 Å². The van der Waals surface area contributed by atoms with E-state index in [9.17, 15) is 13.2 Å². The normalized spacial score (nSPS) is 11.5.